The van der Waals surface area contributed by atoms with Crippen molar-refractivity contribution in [3.05, 3.63) is 35.9 Å². The van der Waals surface area contributed by atoms with Gasteiger partial charge in [-0.2, -0.15) is 0 Å². The number of hydrogen-bond donors (Lipinski definition) is 1. The molecule has 2 saturated heterocycles. The Morgan fingerprint density at radius 1 is 1.17 bits per heavy atom. The molecule has 3 amide bonds. The lowest BCUT2D eigenvalue weighted by molar-refractivity contribution is -0.127. The van der Waals surface area contributed by atoms with Crippen LogP contribution in [0.5, 0.6) is 0 Å². The van der Waals surface area contributed by atoms with Crippen LogP contribution in [0.2, 0.25) is 0 Å². The molecule has 2 fully saturated rings. The predicted molar refractivity (Wildman–Crippen MR) is 89.2 cm³/mol. The summed E-state index contributed by atoms with van der Waals surface area (Å²) in [5.41, 5.74) is 1.07. The topological polar surface area (TPSA) is 65.1 Å². The van der Waals surface area contributed by atoms with Crippen LogP contribution < -0.4 is 5.32 Å². The molecule has 1 aromatic rings. The van der Waals surface area contributed by atoms with Gasteiger partial charge in [0.05, 0.1) is 19.9 Å². The third kappa shape index (κ3) is 4.46. The third-order valence-corrected chi connectivity index (χ3v) is 4.33. The molecule has 24 heavy (non-hydrogen) atoms. The minimum absolute atomic E-state index is 0.0119. The summed E-state index contributed by atoms with van der Waals surface area (Å²) in [6.45, 7) is 5.75. The van der Waals surface area contributed by atoms with Gasteiger partial charge in [-0.05, 0) is 5.56 Å². The molecule has 0 unspecified atom stereocenters. The molecule has 130 valence electrons. The number of rotatable bonds is 5. The fourth-order valence-electron chi connectivity index (χ4n) is 2.93. The van der Waals surface area contributed by atoms with Crippen molar-refractivity contribution in [1.82, 2.24) is 20.0 Å². The molecular weight excluding hydrogens is 308 g/mol. The SMILES string of the molecule is O=C1CN(C(=O)NCCN2CCOCC2)CN1Cc1ccccc1. The number of ether oxygens (including phenoxy) is 1. The van der Waals surface area contributed by atoms with E-state index in [1.807, 2.05) is 30.3 Å². The first-order chi connectivity index (χ1) is 11.7. The highest BCUT2D eigenvalue weighted by Crippen LogP contribution is 2.12. The number of carbonyl (C=O) groups excluding carboxylic acids is 2. The molecule has 2 aliphatic rings. The van der Waals surface area contributed by atoms with Gasteiger partial charge in [-0.1, -0.05) is 30.3 Å². The molecule has 0 spiro atoms. The van der Waals surface area contributed by atoms with E-state index in [4.69, 9.17) is 4.74 Å². The van der Waals surface area contributed by atoms with Crippen LogP contribution in [0.3, 0.4) is 0 Å². The molecule has 2 heterocycles. The van der Waals surface area contributed by atoms with Crippen molar-refractivity contribution in [2.75, 3.05) is 52.6 Å². The fourth-order valence-corrected chi connectivity index (χ4v) is 2.93. The number of morpholine rings is 1. The summed E-state index contributed by atoms with van der Waals surface area (Å²) in [5.74, 6) is -0.0119. The molecule has 0 atom stereocenters. The van der Waals surface area contributed by atoms with E-state index in [9.17, 15) is 9.59 Å². The van der Waals surface area contributed by atoms with Crippen LogP contribution in [0.1, 0.15) is 5.56 Å². The number of benzene rings is 1. The average molecular weight is 332 g/mol. The summed E-state index contributed by atoms with van der Waals surface area (Å²) in [7, 11) is 0. The van der Waals surface area contributed by atoms with Gasteiger partial charge < -0.3 is 15.0 Å². The fraction of sp³-hybridized carbons (Fsp3) is 0.529. The van der Waals surface area contributed by atoms with Gasteiger partial charge in [0, 0.05) is 32.7 Å². The van der Waals surface area contributed by atoms with Crippen molar-refractivity contribution < 1.29 is 14.3 Å². The molecule has 0 saturated carbocycles. The zero-order valence-electron chi connectivity index (χ0n) is 13.8. The zero-order valence-corrected chi connectivity index (χ0v) is 13.8. The second-order valence-electron chi connectivity index (χ2n) is 6.10. The third-order valence-electron chi connectivity index (χ3n) is 4.33. The maximum Gasteiger partial charge on any atom is 0.319 e. The van der Waals surface area contributed by atoms with Gasteiger partial charge in [-0.3, -0.25) is 14.6 Å². The molecule has 3 rings (SSSR count). The number of nitrogens with one attached hydrogen (secondary N) is 1. The van der Waals surface area contributed by atoms with E-state index in [2.05, 4.69) is 10.2 Å². The molecule has 0 aliphatic carbocycles. The summed E-state index contributed by atoms with van der Waals surface area (Å²) in [6, 6.07) is 9.64. The summed E-state index contributed by atoms with van der Waals surface area (Å²) >= 11 is 0. The zero-order chi connectivity index (χ0) is 16.8. The molecular formula is C17H24N4O3. The first kappa shape index (κ1) is 16.7. The minimum atomic E-state index is -0.174. The minimum Gasteiger partial charge on any atom is -0.379 e. The van der Waals surface area contributed by atoms with E-state index < -0.39 is 0 Å². The molecule has 1 aromatic carbocycles. The van der Waals surface area contributed by atoms with Crippen molar-refractivity contribution in [3.8, 4) is 0 Å². The molecule has 0 bridgehead atoms. The van der Waals surface area contributed by atoms with Crippen molar-refractivity contribution in [3.63, 3.8) is 0 Å². The molecule has 1 N–H and O–H groups in total. The smallest absolute Gasteiger partial charge is 0.319 e. The van der Waals surface area contributed by atoms with Crippen LogP contribution in [0.4, 0.5) is 4.79 Å². The highest BCUT2D eigenvalue weighted by molar-refractivity contribution is 5.87. The van der Waals surface area contributed by atoms with Crippen LogP contribution in [-0.4, -0.2) is 79.2 Å². The van der Waals surface area contributed by atoms with Gasteiger partial charge in [-0.25, -0.2) is 4.79 Å². The Balaban J connectivity index is 1.42. The maximum atomic E-state index is 12.2. The Labute approximate surface area is 142 Å². The number of carbonyl (C=O) groups is 2. The highest BCUT2D eigenvalue weighted by Gasteiger charge is 2.30. The van der Waals surface area contributed by atoms with Crippen molar-refractivity contribution in [2.24, 2.45) is 0 Å². The lowest BCUT2D eigenvalue weighted by atomic mass is 10.2. The summed E-state index contributed by atoms with van der Waals surface area (Å²) < 4.78 is 5.30. The first-order valence-corrected chi connectivity index (χ1v) is 8.37. The number of hydrogen-bond acceptors (Lipinski definition) is 4. The van der Waals surface area contributed by atoms with Crippen LogP contribution in [0, 0.1) is 0 Å². The van der Waals surface area contributed by atoms with E-state index in [1.165, 1.54) is 0 Å². The van der Waals surface area contributed by atoms with E-state index in [0.717, 1.165) is 38.4 Å². The van der Waals surface area contributed by atoms with Gasteiger partial charge in [0.1, 0.15) is 6.54 Å². The summed E-state index contributed by atoms with van der Waals surface area (Å²) in [5, 5.41) is 2.90. The van der Waals surface area contributed by atoms with Crippen LogP contribution >= 0.6 is 0 Å². The molecule has 0 radical (unpaired) electrons. The van der Waals surface area contributed by atoms with E-state index in [0.29, 0.717) is 19.8 Å². The van der Waals surface area contributed by atoms with Crippen molar-refractivity contribution >= 4 is 11.9 Å². The normalized spacial score (nSPS) is 18.9. The molecule has 0 aromatic heterocycles. The second kappa shape index (κ2) is 8.12. The first-order valence-electron chi connectivity index (χ1n) is 8.37. The molecule has 7 heteroatoms. The van der Waals surface area contributed by atoms with Crippen molar-refractivity contribution in [2.45, 2.75) is 6.54 Å². The lowest BCUT2D eigenvalue weighted by Crippen LogP contribution is -2.45. The quantitative estimate of drug-likeness (QED) is 0.844. The largest absolute Gasteiger partial charge is 0.379 e. The van der Waals surface area contributed by atoms with Gasteiger partial charge in [0.25, 0.3) is 0 Å². The molecule has 7 nitrogen and oxygen atoms in total. The van der Waals surface area contributed by atoms with Gasteiger partial charge in [-0.15, -0.1) is 0 Å². The second-order valence-corrected chi connectivity index (χ2v) is 6.10. The number of nitrogens with zero attached hydrogens (tertiary/aromatic N) is 3. The van der Waals surface area contributed by atoms with Gasteiger partial charge in [0.15, 0.2) is 0 Å². The summed E-state index contributed by atoms with van der Waals surface area (Å²) in [4.78, 5) is 29.8. The number of amides is 3. The monoisotopic (exact) mass is 332 g/mol. The molecule has 2 aliphatic heterocycles. The van der Waals surface area contributed by atoms with E-state index in [1.54, 1.807) is 9.80 Å². The Bertz CT molecular complexity index is 560. The summed E-state index contributed by atoms with van der Waals surface area (Å²) in [6.07, 6.45) is 0. The Kier molecular flexibility index (Phi) is 5.66. The van der Waals surface area contributed by atoms with Crippen LogP contribution in [0.25, 0.3) is 0 Å². The predicted octanol–water partition coefficient (Wildman–Crippen LogP) is 0.330. The Morgan fingerprint density at radius 2 is 1.92 bits per heavy atom. The Morgan fingerprint density at radius 3 is 2.67 bits per heavy atom. The van der Waals surface area contributed by atoms with E-state index in [-0.39, 0.29) is 18.5 Å². The maximum absolute atomic E-state index is 12.2. The number of urea groups is 1. The lowest BCUT2D eigenvalue weighted by Gasteiger charge is -2.27. The van der Waals surface area contributed by atoms with Crippen LogP contribution in [-0.2, 0) is 16.1 Å². The van der Waals surface area contributed by atoms with Gasteiger partial charge in [0.2, 0.25) is 5.91 Å². The van der Waals surface area contributed by atoms with E-state index >= 15 is 0 Å². The van der Waals surface area contributed by atoms with Crippen LogP contribution in [0.15, 0.2) is 30.3 Å². The standard InChI is InChI=1S/C17H24N4O3/c22-16-13-21(14-20(16)12-15-4-2-1-3-5-15)17(23)18-6-7-19-8-10-24-11-9-19/h1-5H,6-14H2,(H,18,23). The Hall–Kier alpha value is -2.12. The average Bonchev–Trinajstić information content (AvgIpc) is 2.97. The highest BCUT2D eigenvalue weighted by atomic mass is 16.5. The van der Waals surface area contributed by atoms with Crippen molar-refractivity contribution in [1.29, 1.82) is 0 Å². The van der Waals surface area contributed by atoms with Gasteiger partial charge >= 0.3 is 6.03 Å².